The minimum Gasteiger partial charge on any atom is -0.486 e. The quantitative estimate of drug-likeness (QED) is 0.613. The van der Waals surface area contributed by atoms with Crippen molar-refractivity contribution in [3.8, 4) is 11.5 Å². The van der Waals surface area contributed by atoms with Gasteiger partial charge in [0.25, 0.3) is 11.5 Å². The van der Waals surface area contributed by atoms with Gasteiger partial charge in [0.05, 0.1) is 10.9 Å². The van der Waals surface area contributed by atoms with Crippen LogP contribution in [0.3, 0.4) is 0 Å². The molecule has 2 aromatic carbocycles. The number of carbonyl (C=O) groups excluding carboxylic acids is 1. The van der Waals surface area contributed by atoms with E-state index in [2.05, 4.69) is 20.9 Å². The highest BCUT2D eigenvalue weighted by molar-refractivity contribution is 9.10. The first-order chi connectivity index (χ1) is 12.0. The summed E-state index contributed by atoms with van der Waals surface area (Å²) < 4.78 is 12.7. The second-order valence-electron chi connectivity index (χ2n) is 5.42. The van der Waals surface area contributed by atoms with Crippen molar-refractivity contribution in [2.75, 3.05) is 13.2 Å². The number of H-pyrrole nitrogens is 1. The van der Waals surface area contributed by atoms with Crippen molar-refractivity contribution < 1.29 is 14.3 Å². The van der Waals surface area contributed by atoms with Crippen LogP contribution in [0.5, 0.6) is 11.5 Å². The molecule has 0 saturated carbocycles. The van der Waals surface area contributed by atoms with Crippen LogP contribution in [-0.2, 0) is 0 Å². The maximum absolute atomic E-state index is 12.9. The molecule has 1 aliphatic heterocycles. The smallest absolute Gasteiger partial charge is 0.269 e. The molecular formula is C17H11BrN2O4S. The number of nitrogens with zero attached hydrogens (tertiary/aromatic N) is 1. The Bertz CT molecular complexity index is 1140. The summed E-state index contributed by atoms with van der Waals surface area (Å²) in [5.74, 6) is 0.524. The van der Waals surface area contributed by atoms with Gasteiger partial charge in [-0.25, -0.2) is 4.57 Å². The molecule has 0 radical (unpaired) electrons. The van der Waals surface area contributed by atoms with Gasteiger partial charge in [0.1, 0.15) is 13.2 Å². The summed E-state index contributed by atoms with van der Waals surface area (Å²) in [5, 5.41) is 0.369. The lowest BCUT2D eigenvalue weighted by Crippen LogP contribution is -2.29. The number of carbonyl (C=O) groups is 1. The molecule has 3 aromatic rings. The molecule has 0 fully saturated rings. The largest absolute Gasteiger partial charge is 0.486 e. The summed E-state index contributed by atoms with van der Waals surface area (Å²) >= 11 is 8.55. The number of aromatic nitrogens is 2. The van der Waals surface area contributed by atoms with Gasteiger partial charge in [0.2, 0.25) is 0 Å². The van der Waals surface area contributed by atoms with Crippen LogP contribution in [0.2, 0.25) is 0 Å². The van der Waals surface area contributed by atoms with E-state index in [1.165, 1.54) is 0 Å². The minimum absolute atomic E-state index is 0.0414. The second kappa shape index (κ2) is 6.12. The van der Waals surface area contributed by atoms with Crippen LogP contribution in [0, 0.1) is 4.77 Å². The number of nitrogens with one attached hydrogen (secondary N) is 1. The Hall–Kier alpha value is -2.45. The van der Waals surface area contributed by atoms with E-state index >= 15 is 0 Å². The molecule has 4 rings (SSSR count). The van der Waals surface area contributed by atoms with E-state index < -0.39 is 11.5 Å². The van der Waals surface area contributed by atoms with E-state index in [-0.39, 0.29) is 4.77 Å². The van der Waals surface area contributed by atoms with Crippen molar-refractivity contribution in [3.63, 3.8) is 0 Å². The predicted octanol–water partition coefficient (Wildman–Crippen LogP) is 3.28. The highest BCUT2D eigenvalue weighted by Crippen LogP contribution is 2.31. The second-order valence-corrected chi connectivity index (χ2v) is 6.73. The van der Waals surface area contributed by atoms with Gasteiger partial charge >= 0.3 is 0 Å². The molecule has 0 amide bonds. The molecule has 25 heavy (non-hydrogen) atoms. The van der Waals surface area contributed by atoms with Crippen LogP contribution >= 0.6 is 28.1 Å². The van der Waals surface area contributed by atoms with E-state index in [0.717, 1.165) is 9.04 Å². The molecule has 1 N–H and O–H groups in total. The summed E-state index contributed by atoms with van der Waals surface area (Å²) in [6, 6.07) is 9.97. The Morgan fingerprint density at radius 3 is 2.68 bits per heavy atom. The summed E-state index contributed by atoms with van der Waals surface area (Å²) in [6.45, 7) is 0.874. The zero-order valence-corrected chi connectivity index (χ0v) is 15.1. The van der Waals surface area contributed by atoms with Gasteiger partial charge in [-0.05, 0) is 48.6 Å². The van der Waals surface area contributed by atoms with Crippen LogP contribution < -0.4 is 15.0 Å². The normalized spacial score (nSPS) is 13.0. The SMILES string of the molecule is O=C(c1ccc2c(c1)OCCO2)n1c(=S)[nH]c2ccc(Br)cc2c1=O. The van der Waals surface area contributed by atoms with Gasteiger partial charge in [-0.15, -0.1) is 0 Å². The summed E-state index contributed by atoms with van der Waals surface area (Å²) in [4.78, 5) is 28.6. The third-order valence-corrected chi connectivity index (χ3v) is 4.63. The molecule has 0 bridgehead atoms. The number of benzene rings is 2. The van der Waals surface area contributed by atoms with E-state index in [1.807, 2.05) is 0 Å². The Balaban J connectivity index is 1.88. The van der Waals surface area contributed by atoms with Crippen molar-refractivity contribution in [1.82, 2.24) is 9.55 Å². The van der Waals surface area contributed by atoms with Gasteiger partial charge in [0.15, 0.2) is 16.3 Å². The van der Waals surface area contributed by atoms with E-state index in [9.17, 15) is 9.59 Å². The standard InChI is InChI=1S/C17H11BrN2O4S/c18-10-2-3-12-11(8-10)16(22)20(17(25)19-12)15(21)9-1-4-13-14(7-9)24-6-5-23-13/h1-4,7-8H,5-6H2,(H,19,25). The third-order valence-electron chi connectivity index (χ3n) is 3.85. The average Bonchev–Trinajstić information content (AvgIpc) is 2.62. The number of halogens is 1. The van der Waals surface area contributed by atoms with E-state index in [4.69, 9.17) is 21.7 Å². The van der Waals surface area contributed by atoms with Crippen LogP contribution in [-0.4, -0.2) is 28.7 Å². The molecule has 6 nitrogen and oxygen atoms in total. The first-order valence-corrected chi connectivity index (χ1v) is 8.64. The molecule has 2 heterocycles. The molecule has 1 aromatic heterocycles. The van der Waals surface area contributed by atoms with Crippen molar-refractivity contribution in [1.29, 1.82) is 0 Å². The van der Waals surface area contributed by atoms with Gasteiger partial charge in [-0.2, -0.15) is 0 Å². The minimum atomic E-state index is -0.523. The maximum Gasteiger partial charge on any atom is 0.269 e. The Morgan fingerprint density at radius 1 is 1.12 bits per heavy atom. The molecule has 0 unspecified atom stereocenters. The van der Waals surface area contributed by atoms with Crippen LogP contribution in [0.4, 0.5) is 0 Å². The third kappa shape index (κ3) is 2.77. The highest BCUT2D eigenvalue weighted by atomic mass is 79.9. The van der Waals surface area contributed by atoms with E-state index in [1.54, 1.807) is 36.4 Å². The fourth-order valence-corrected chi connectivity index (χ4v) is 3.31. The van der Waals surface area contributed by atoms with Crippen molar-refractivity contribution >= 4 is 45.0 Å². The molecule has 0 spiro atoms. The van der Waals surface area contributed by atoms with Gasteiger partial charge < -0.3 is 14.5 Å². The molecule has 0 saturated heterocycles. The molecule has 8 heteroatoms. The van der Waals surface area contributed by atoms with Crippen LogP contribution in [0.25, 0.3) is 10.9 Å². The lowest BCUT2D eigenvalue weighted by molar-refractivity contribution is 0.0952. The monoisotopic (exact) mass is 418 g/mol. The predicted molar refractivity (Wildman–Crippen MR) is 98.3 cm³/mol. The van der Waals surface area contributed by atoms with E-state index in [0.29, 0.717) is 41.2 Å². The van der Waals surface area contributed by atoms with Crippen LogP contribution in [0.1, 0.15) is 10.4 Å². The van der Waals surface area contributed by atoms with Crippen molar-refractivity contribution in [2.45, 2.75) is 0 Å². The summed E-state index contributed by atoms with van der Waals surface area (Å²) in [6.07, 6.45) is 0. The number of fused-ring (bicyclic) bond motifs is 2. The zero-order chi connectivity index (χ0) is 17.6. The molecule has 0 atom stereocenters. The fraction of sp³-hybridized carbons (Fsp3) is 0.118. The summed E-state index contributed by atoms with van der Waals surface area (Å²) in [7, 11) is 0. The average molecular weight is 419 g/mol. The van der Waals surface area contributed by atoms with Crippen molar-refractivity contribution in [2.24, 2.45) is 0 Å². The first-order valence-electron chi connectivity index (χ1n) is 7.43. The van der Waals surface area contributed by atoms with Gasteiger partial charge in [-0.3, -0.25) is 9.59 Å². The maximum atomic E-state index is 12.9. The van der Waals surface area contributed by atoms with Gasteiger partial charge in [0, 0.05) is 10.0 Å². The number of hydrogen-bond donors (Lipinski definition) is 1. The number of ether oxygens (including phenoxy) is 2. The van der Waals surface area contributed by atoms with Gasteiger partial charge in [-0.1, -0.05) is 15.9 Å². The fourth-order valence-electron chi connectivity index (χ4n) is 2.68. The van der Waals surface area contributed by atoms with Crippen LogP contribution in [0.15, 0.2) is 45.7 Å². The molecule has 126 valence electrons. The molecule has 1 aliphatic rings. The Kier molecular flexibility index (Phi) is 3.93. The summed E-state index contributed by atoms with van der Waals surface area (Å²) in [5.41, 5.74) is 0.393. The topological polar surface area (TPSA) is 73.3 Å². The molecular weight excluding hydrogens is 408 g/mol. The lowest BCUT2D eigenvalue weighted by atomic mass is 10.1. The van der Waals surface area contributed by atoms with Crippen molar-refractivity contribution in [3.05, 3.63) is 61.6 Å². The lowest BCUT2D eigenvalue weighted by Gasteiger charge is -2.18. The Labute approximate surface area is 155 Å². The number of hydrogen-bond acceptors (Lipinski definition) is 5. The number of rotatable bonds is 1. The first kappa shape index (κ1) is 16.0. The molecule has 0 aliphatic carbocycles. The Morgan fingerprint density at radius 2 is 1.88 bits per heavy atom. The zero-order valence-electron chi connectivity index (χ0n) is 12.7. The highest BCUT2D eigenvalue weighted by Gasteiger charge is 2.19. The number of aromatic amines is 1.